The van der Waals surface area contributed by atoms with Crippen molar-refractivity contribution < 1.29 is 9.53 Å². The minimum absolute atomic E-state index is 0.0885. The number of hydrogen-bond acceptors (Lipinski definition) is 4. The summed E-state index contributed by atoms with van der Waals surface area (Å²) in [6.07, 6.45) is 4.21. The average Bonchev–Trinajstić information content (AvgIpc) is 2.58. The van der Waals surface area contributed by atoms with Gasteiger partial charge in [0.15, 0.2) is 0 Å². The highest BCUT2D eigenvalue weighted by molar-refractivity contribution is 5.90. The molecule has 0 aliphatic rings. The van der Waals surface area contributed by atoms with Gasteiger partial charge in [-0.05, 0) is 30.7 Å². The first-order valence-corrected chi connectivity index (χ1v) is 7.95. The normalized spacial score (nSPS) is 10.1. The van der Waals surface area contributed by atoms with Gasteiger partial charge in [-0.25, -0.2) is 4.98 Å². The molecule has 122 valence electrons. The summed E-state index contributed by atoms with van der Waals surface area (Å²) >= 11 is 0. The Morgan fingerprint density at radius 1 is 1.17 bits per heavy atom. The fourth-order valence-electron chi connectivity index (χ4n) is 1.97. The van der Waals surface area contributed by atoms with Gasteiger partial charge in [0.25, 0.3) is 0 Å². The van der Waals surface area contributed by atoms with Gasteiger partial charge in [-0.3, -0.25) is 4.79 Å². The van der Waals surface area contributed by atoms with Crippen LogP contribution in [0.2, 0.25) is 0 Å². The van der Waals surface area contributed by atoms with E-state index in [1.165, 1.54) is 0 Å². The maximum absolute atomic E-state index is 11.9. The molecule has 1 heterocycles. The van der Waals surface area contributed by atoms with Gasteiger partial charge in [0.1, 0.15) is 11.6 Å². The monoisotopic (exact) mass is 313 g/mol. The molecule has 0 bridgehead atoms. The fourth-order valence-corrected chi connectivity index (χ4v) is 1.97. The van der Waals surface area contributed by atoms with Crippen molar-refractivity contribution in [2.45, 2.75) is 26.2 Å². The van der Waals surface area contributed by atoms with E-state index in [-0.39, 0.29) is 5.91 Å². The number of carbonyl (C=O) groups is 1. The van der Waals surface area contributed by atoms with Gasteiger partial charge in [-0.1, -0.05) is 31.5 Å². The lowest BCUT2D eigenvalue weighted by atomic mass is 10.3. The summed E-state index contributed by atoms with van der Waals surface area (Å²) in [6, 6.07) is 13.2. The first-order chi connectivity index (χ1) is 11.3. The number of para-hydroxylation sites is 1. The number of pyridine rings is 1. The van der Waals surface area contributed by atoms with Gasteiger partial charge in [0, 0.05) is 6.54 Å². The summed E-state index contributed by atoms with van der Waals surface area (Å²) in [6.45, 7) is 3.40. The van der Waals surface area contributed by atoms with Crippen molar-refractivity contribution in [2.75, 3.05) is 23.8 Å². The van der Waals surface area contributed by atoms with Crippen molar-refractivity contribution in [1.29, 1.82) is 0 Å². The Kier molecular flexibility index (Phi) is 6.91. The molecule has 0 unspecified atom stereocenters. The molecule has 2 rings (SSSR count). The average molecular weight is 313 g/mol. The van der Waals surface area contributed by atoms with Crippen LogP contribution in [-0.2, 0) is 4.79 Å². The second-order valence-corrected chi connectivity index (χ2v) is 5.17. The lowest BCUT2D eigenvalue weighted by Crippen LogP contribution is -2.15. The topological polar surface area (TPSA) is 63.2 Å². The molecule has 5 heteroatoms. The second-order valence-electron chi connectivity index (χ2n) is 5.17. The van der Waals surface area contributed by atoms with Crippen LogP contribution in [0.15, 0.2) is 48.7 Å². The van der Waals surface area contributed by atoms with Crippen LogP contribution in [0.25, 0.3) is 0 Å². The fraction of sp³-hybridized carbons (Fsp3) is 0.333. The minimum Gasteiger partial charge on any atom is -0.493 e. The van der Waals surface area contributed by atoms with E-state index >= 15 is 0 Å². The number of ether oxygens (including phenoxy) is 1. The predicted molar refractivity (Wildman–Crippen MR) is 92.8 cm³/mol. The SMILES string of the molecule is CCCCNc1ccc(NC(=O)CCOc2ccccc2)cn1. The zero-order valence-electron chi connectivity index (χ0n) is 13.4. The molecule has 2 aromatic rings. The van der Waals surface area contributed by atoms with Crippen LogP contribution in [0.5, 0.6) is 5.75 Å². The molecule has 0 aliphatic carbocycles. The van der Waals surface area contributed by atoms with Crippen molar-refractivity contribution in [3.63, 3.8) is 0 Å². The molecular formula is C18H23N3O2. The number of nitrogens with one attached hydrogen (secondary N) is 2. The maximum Gasteiger partial charge on any atom is 0.227 e. The summed E-state index contributed by atoms with van der Waals surface area (Å²) in [5.74, 6) is 1.50. The van der Waals surface area contributed by atoms with Crippen LogP contribution in [0.4, 0.5) is 11.5 Å². The summed E-state index contributed by atoms with van der Waals surface area (Å²) in [5, 5.41) is 6.05. The van der Waals surface area contributed by atoms with Crippen molar-refractivity contribution in [1.82, 2.24) is 4.98 Å². The number of amides is 1. The molecule has 0 atom stereocenters. The van der Waals surface area contributed by atoms with Crippen LogP contribution in [0, 0.1) is 0 Å². The standard InChI is InChI=1S/C18H23N3O2/c1-2-3-12-19-17-10-9-15(14-20-17)21-18(22)11-13-23-16-7-5-4-6-8-16/h4-10,14H,2-3,11-13H2,1H3,(H,19,20)(H,21,22). The zero-order valence-corrected chi connectivity index (χ0v) is 13.4. The van der Waals surface area contributed by atoms with E-state index in [1.54, 1.807) is 6.20 Å². The van der Waals surface area contributed by atoms with Crippen LogP contribution in [-0.4, -0.2) is 24.0 Å². The largest absolute Gasteiger partial charge is 0.493 e. The summed E-state index contributed by atoms with van der Waals surface area (Å²) in [7, 11) is 0. The Labute approximate surface area is 137 Å². The lowest BCUT2D eigenvalue weighted by molar-refractivity contribution is -0.116. The number of hydrogen-bond donors (Lipinski definition) is 2. The highest BCUT2D eigenvalue weighted by atomic mass is 16.5. The zero-order chi connectivity index (χ0) is 16.3. The van der Waals surface area contributed by atoms with Crippen LogP contribution in [0.3, 0.4) is 0 Å². The molecule has 1 amide bonds. The van der Waals surface area contributed by atoms with E-state index in [0.717, 1.165) is 31.0 Å². The van der Waals surface area contributed by atoms with Crippen LogP contribution in [0.1, 0.15) is 26.2 Å². The van der Waals surface area contributed by atoms with Gasteiger partial charge >= 0.3 is 0 Å². The van der Waals surface area contributed by atoms with E-state index < -0.39 is 0 Å². The number of unbranched alkanes of at least 4 members (excludes halogenated alkanes) is 1. The summed E-state index contributed by atoms with van der Waals surface area (Å²) in [4.78, 5) is 16.1. The van der Waals surface area contributed by atoms with Crippen molar-refractivity contribution in [3.8, 4) is 5.75 Å². The number of nitrogens with zero attached hydrogens (tertiary/aromatic N) is 1. The van der Waals surface area contributed by atoms with Crippen molar-refractivity contribution >= 4 is 17.4 Å². The second kappa shape index (κ2) is 9.46. The van der Waals surface area contributed by atoms with E-state index in [2.05, 4.69) is 22.5 Å². The third-order valence-corrected chi connectivity index (χ3v) is 3.22. The first kappa shape index (κ1) is 16.8. The van der Waals surface area contributed by atoms with Gasteiger partial charge in [-0.2, -0.15) is 0 Å². The lowest BCUT2D eigenvalue weighted by Gasteiger charge is -2.08. The van der Waals surface area contributed by atoms with Gasteiger partial charge in [0.05, 0.1) is 24.9 Å². The molecule has 0 saturated carbocycles. The van der Waals surface area contributed by atoms with E-state index in [4.69, 9.17) is 4.74 Å². The van der Waals surface area contributed by atoms with Crippen LogP contribution < -0.4 is 15.4 Å². The Morgan fingerprint density at radius 2 is 2.00 bits per heavy atom. The van der Waals surface area contributed by atoms with Gasteiger partial charge < -0.3 is 15.4 Å². The predicted octanol–water partition coefficient (Wildman–Crippen LogP) is 3.70. The summed E-state index contributed by atoms with van der Waals surface area (Å²) < 4.78 is 5.50. The molecule has 0 fully saturated rings. The van der Waals surface area contributed by atoms with E-state index in [9.17, 15) is 4.79 Å². The molecule has 0 spiro atoms. The third kappa shape index (κ3) is 6.38. The number of aromatic nitrogens is 1. The highest BCUT2D eigenvalue weighted by Crippen LogP contribution is 2.11. The van der Waals surface area contributed by atoms with E-state index in [0.29, 0.717) is 18.7 Å². The minimum atomic E-state index is -0.0885. The van der Waals surface area contributed by atoms with Crippen molar-refractivity contribution in [2.24, 2.45) is 0 Å². The highest BCUT2D eigenvalue weighted by Gasteiger charge is 2.03. The number of anilines is 2. The molecule has 1 aromatic heterocycles. The Hall–Kier alpha value is -2.56. The Morgan fingerprint density at radius 3 is 2.70 bits per heavy atom. The molecule has 23 heavy (non-hydrogen) atoms. The third-order valence-electron chi connectivity index (χ3n) is 3.22. The molecule has 1 aromatic carbocycles. The van der Waals surface area contributed by atoms with Crippen molar-refractivity contribution in [3.05, 3.63) is 48.7 Å². The molecule has 2 N–H and O–H groups in total. The van der Waals surface area contributed by atoms with Gasteiger partial charge in [-0.15, -0.1) is 0 Å². The van der Waals surface area contributed by atoms with E-state index in [1.807, 2.05) is 42.5 Å². The Balaban J connectivity index is 1.70. The number of carbonyl (C=O) groups excluding carboxylic acids is 1. The summed E-state index contributed by atoms with van der Waals surface area (Å²) in [5.41, 5.74) is 0.691. The molecule has 5 nitrogen and oxygen atoms in total. The molecule has 0 saturated heterocycles. The first-order valence-electron chi connectivity index (χ1n) is 7.95. The van der Waals surface area contributed by atoms with Gasteiger partial charge in [0.2, 0.25) is 5.91 Å². The number of rotatable bonds is 9. The molecule has 0 aliphatic heterocycles. The maximum atomic E-state index is 11.9. The smallest absolute Gasteiger partial charge is 0.227 e. The van der Waals surface area contributed by atoms with Crippen LogP contribution >= 0.6 is 0 Å². The Bertz CT molecular complexity index is 585. The number of benzene rings is 1. The molecular weight excluding hydrogens is 290 g/mol. The molecule has 0 radical (unpaired) electrons. The quantitative estimate of drug-likeness (QED) is 0.693.